The minimum Gasteiger partial charge on any atom is -0.291 e. The van der Waals surface area contributed by atoms with Crippen molar-refractivity contribution in [1.82, 2.24) is 9.80 Å². The minimum absolute atomic E-state index is 0.925. The second-order valence-electron chi connectivity index (χ2n) is 8.75. The Morgan fingerprint density at radius 3 is 0.824 bits per heavy atom. The quantitative estimate of drug-likeness (QED) is 0.217. The molecule has 172 valence electrons. The maximum absolute atomic E-state index is 2.50. The highest BCUT2D eigenvalue weighted by atomic mass is 15.1. The van der Waals surface area contributed by atoms with Crippen LogP contribution in [0.25, 0.3) is 0 Å². The van der Waals surface area contributed by atoms with Crippen LogP contribution in [0, 0.1) is 0 Å². The van der Waals surface area contributed by atoms with Gasteiger partial charge in [0.15, 0.2) is 0 Å². The lowest BCUT2D eigenvalue weighted by molar-refractivity contribution is 0.278. The van der Waals surface area contributed by atoms with Gasteiger partial charge >= 0.3 is 0 Å². The normalized spacial score (nSPS) is 11.5. The van der Waals surface area contributed by atoms with Crippen molar-refractivity contribution >= 4 is 0 Å². The predicted octanol–water partition coefficient (Wildman–Crippen LogP) is 6.95. The van der Waals surface area contributed by atoms with Crippen LogP contribution in [0.15, 0.2) is 133 Å². The highest BCUT2D eigenvalue weighted by Crippen LogP contribution is 2.12. The van der Waals surface area contributed by atoms with Gasteiger partial charge in [-0.15, -0.1) is 0 Å². The first-order valence-corrected chi connectivity index (χ1v) is 12.1. The fraction of sp³-hybridized carbons (Fsp3) is 0.188. The minimum atomic E-state index is 0.925. The molecular formula is C32H34N2. The smallest absolute Gasteiger partial charge is 0.0240 e. The molecule has 0 spiro atoms. The molecule has 0 aromatic heterocycles. The van der Waals surface area contributed by atoms with Gasteiger partial charge in [0.2, 0.25) is 0 Å². The molecule has 2 heteroatoms. The van der Waals surface area contributed by atoms with Crippen molar-refractivity contribution in [1.29, 1.82) is 0 Å². The first-order chi connectivity index (χ1) is 16.8. The summed E-state index contributed by atoms with van der Waals surface area (Å²) in [6, 6.07) is 43.0. The summed E-state index contributed by atoms with van der Waals surface area (Å²) in [6.07, 6.45) is 4.66. The summed E-state index contributed by atoms with van der Waals surface area (Å²) in [4.78, 5) is 5.00. The van der Waals surface area contributed by atoms with E-state index in [0.717, 1.165) is 39.3 Å². The second-order valence-corrected chi connectivity index (χ2v) is 8.75. The van der Waals surface area contributed by atoms with Gasteiger partial charge in [0.25, 0.3) is 0 Å². The predicted molar refractivity (Wildman–Crippen MR) is 143 cm³/mol. The Hall–Kier alpha value is -3.46. The number of rotatable bonds is 12. The van der Waals surface area contributed by atoms with Gasteiger partial charge in [0, 0.05) is 39.3 Å². The average molecular weight is 447 g/mol. The molecule has 0 fully saturated rings. The lowest BCUT2D eigenvalue weighted by atomic mass is 10.1. The Bertz CT molecular complexity index is 919. The van der Waals surface area contributed by atoms with E-state index in [1.54, 1.807) is 0 Å². The van der Waals surface area contributed by atoms with E-state index < -0.39 is 0 Å². The number of hydrogen-bond acceptors (Lipinski definition) is 2. The maximum atomic E-state index is 2.50. The third-order valence-electron chi connectivity index (χ3n) is 5.89. The molecule has 4 aromatic rings. The summed E-state index contributed by atoms with van der Waals surface area (Å²) < 4.78 is 0. The molecule has 0 heterocycles. The summed E-state index contributed by atoms with van der Waals surface area (Å²) in [7, 11) is 0. The van der Waals surface area contributed by atoms with E-state index in [9.17, 15) is 0 Å². The van der Waals surface area contributed by atoms with Gasteiger partial charge < -0.3 is 0 Å². The van der Waals surface area contributed by atoms with Crippen LogP contribution < -0.4 is 0 Å². The van der Waals surface area contributed by atoms with E-state index in [2.05, 4.69) is 143 Å². The van der Waals surface area contributed by atoms with Crippen molar-refractivity contribution < 1.29 is 0 Å². The van der Waals surface area contributed by atoms with Crippen LogP contribution in [-0.4, -0.2) is 22.9 Å². The fourth-order valence-electron chi connectivity index (χ4n) is 4.18. The summed E-state index contributed by atoms with van der Waals surface area (Å²) in [5.41, 5.74) is 5.39. The lowest BCUT2D eigenvalue weighted by Gasteiger charge is -2.23. The fourth-order valence-corrected chi connectivity index (χ4v) is 4.18. The molecule has 0 saturated carbocycles. The van der Waals surface area contributed by atoms with Crippen molar-refractivity contribution in [3.05, 3.63) is 156 Å². The summed E-state index contributed by atoms with van der Waals surface area (Å²) >= 11 is 0. The van der Waals surface area contributed by atoms with Gasteiger partial charge in [0.05, 0.1) is 0 Å². The topological polar surface area (TPSA) is 6.48 Å². The molecule has 0 aliphatic carbocycles. The Labute approximate surface area is 204 Å². The molecule has 0 atom stereocenters. The molecule has 0 radical (unpaired) electrons. The van der Waals surface area contributed by atoms with Crippen LogP contribution in [0.1, 0.15) is 22.3 Å². The molecule has 0 aliphatic rings. The van der Waals surface area contributed by atoms with Crippen molar-refractivity contribution in [2.45, 2.75) is 26.2 Å². The van der Waals surface area contributed by atoms with Gasteiger partial charge in [-0.3, -0.25) is 9.80 Å². The van der Waals surface area contributed by atoms with E-state index in [0.29, 0.717) is 0 Å². The number of hydrogen-bond donors (Lipinski definition) is 0. The Morgan fingerprint density at radius 2 is 0.588 bits per heavy atom. The molecule has 4 aromatic carbocycles. The van der Waals surface area contributed by atoms with Crippen molar-refractivity contribution in [2.75, 3.05) is 13.1 Å². The molecule has 0 aliphatic heterocycles. The van der Waals surface area contributed by atoms with E-state index in [-0.39, 0.29) is 0 Å². The Kier molecular flexibility index (Phi) is 9.26. The van der Waals surface area contributed by atoms with E-state index in [1.807, 2.05) is 0 Å². The van der Waals surface area contributed by atoms with Gasteiger partial charge in [0.1, 0.15) is 0 Å². The van der Waals surface area contributed by atoms with E-state index in [4.69, 9.17) is 0 Å². The molecule has 2 nitrogen and oxygen atoms in total. The SMILES string of the molecule is C(=C\CN(Cc1ccccc1)Cc1ccccc1)/CN(Cc1ccccc1)Cc1ccccc1. The monoisotopic (exact) mass is 446 g/mol. The van der Waals surface area contributed by atoms with Gasteiger partial charge in [-0.05, 0) is 22.3 Å². The molecule has 0 bridgehead atoms. The highest BCUT2D eigenvalue weighted by molar-refractivity contribution is 5.19. The largest absolute Gasteiger partial charge is 0.291 e. The van der Waals surface area contributed by atoms with Crippen LogP contribution in [0.3, 0.4) is 0 Å². The van der Waals surface area contributed by atoms with Crippen LogP contribution in [0.4, 0.5) is 0 Å². The van der Waals surface area contributed by atoms with E-state index in [1.165, 1.54) is 22.3 Å². The zero-order chi connectivity index (χ0) is 23.3. The Balaban J connectivity index is 1.40. The van der Waals surface area contributed by atoms with Crippen molar-refractivity contribution in [2.24, 2.45) is 0 Å². The van der Waals surface area contributed by atoms with Crippen molar-refractivity contribution in [3.8, 4) is 0 Å². The van der Waals surface area contributed by atoms with Gasteiger partial charge in [-0.1, -0.05) is 133 Å². The maximum Gasteiger partial charge on any atom is 0.0240 e. The first kappa shape index (κ1) is 23.7. The van der Waals surface area contributed by atoms with Crippen LogP contribution in [0.2, 0.25) is 0 Å². The summed E-state index contributed by atoms with van der Waals surface area (Å²) in [5, 5.41) is 0. The molecule has 4 rings (SSSR count). The number of nitrogens with zero attached hydrogens (tertiary/aromatic N) is 2. The third kappa shape index (κ3) is 8.15. The van der Waals surface area contributed by atoms with Crippen LogP contribution >= 0.6 is 0 Å². The zero-order valence-electron chi connectivity index (χ0n) is 19.8. The molecule has 0 amide bonds. The lowest BCUT2D eigenvalue weighted by Crippen LogP contribution is -2.24. The molecular weight excluding hydrogens is 412 g/mol. The third-order valence-corrected chi connectivity index (χ3v) is 5.89. The zero-order valence-corrected chi connectivity index (χ0v) is 19.8. The van der Waals surface area contributed by atoms with E-state index >= 15 is 0 Å². The van der Waals surface area contributed by atoms with Gasteiger partial charge in [-0.25, -0.2) is 0 Å². The first-order valence-electron chi connectivity index (χ1n) is 12.1. The standard InChI is InChI=1S/C32H34N2/c1-5-15-29(16-6-1)25-33(26-30-17-7-2-8-18-30)23-13-14-24-34(27-31-19-9-3-10-20-31)28-32-21-11-4-12-22-32/h1-22H,23-28H2/b14-13+. The molecule has 0 unspecified atom stereocenters. The van der Waals surface area contributed by atoms with Crippen molar-refractivity contribution in [3.63, 3.8) is 0 Å². The second kappa shape index (κ2) is 13.3. The summed E-state index contributed by atoms with van der Waals surface area (Å²) in [6.45, 7) is 5.62. The molecule has 34 heavy (non-hydrogen) atoms. The summed E-state index contributed by atoms with van der Waals surface area (Å²) in [5.74, 6) is 0. The van der Waals surface area contributed by atoms with Crippen LogP contribution in [-0.2, 0) is 26.2 Å². The number of benzene rings is 4. The molecule has 0 N–H and O–H groups in total. The van der Waals surface area contributed by atoms with Gasteiger partial charge in [-0.2, -0.15) is 0 Å². The average Bonchev–Trinajstić information content (AvgIpc) is 2.89. The highest BCUT2D eigenvalue weighted by Gasteiger charge is 2.08. The Morgan fingerprint density at radius 1 is 0.353 bits per heavy atom. The molecule has 0 saturated heterocycles. The van der Waals surface area contributed by atoms with Crippen LogP contribution in [0.5, 0.6) is 0 Å².